The number of esters is 1. The summed E-state index contributed by atoms with van der Waals surface area (Å²) >= 11 is 0. The van der Waals surface area contributed by atoms with Crippen molar-refractivity contribution in [3.8, 4) is 5.88 Å². The number of benzene rings is 2. The van der Waals surface area contributed by atoms with Gasteiger partial charge in [-0.15, -0.1) is 0 Å². The van der Waals surface area contributed by atoms with E-state index in [2.05, 4.69) is 20.5 Å². The zero-order valence-corrected chi connectivity index (χ0v) is 25.9. The number of ketones is 1. The fourth-order valence-electron chi connectivity index (χ4n) is 5.75. The molecule has 3 heterocycles. The highest BCUT2D eigenvalue weighted by molar-refractivity contribution is 5.99. The van der Waals surface area contributed by atoms with Gasteiger partial charge in [-0.2, -0.15) is 4.98 Å². The molecule has 1 saturated carbocycles. The first-order chi connectivity index (χ1) is 22.4. The molecule has 242 valence electrons. The van der Waals surface area contributed by atoms with Gasteiger partial charge in [0.2, 0.25) is 11.8 Å². The second kappa shape index (κ2) is 14.3. The minimum Gasteiger partial charge on any atom is -0.473 e. The van der Waals surface area contributed by atoms with Crippen LogP contribution in [0.15, 0.2) is 54.6 Å². The number of piperidine rings is 1. The summed E-state index contributed by atoms with van der Waals surface area (Å²) in [5, 5.41) is 6.32. The van der Waals surface area contributed by atoms with Crippen LogP contribution in [0.4, 0.5) is 21.6 Å². The molecule has 11 heteroatoms. The number of hydrogen-bond donors (Lipinski definition) is 2. The molecule has 2 aromatic carbocycles. The monoisotopic (exact) mass is 630 g/mol. The van der Waals surface area contributed by atoms with Crippen molar-refractivity contribution in [2.24, 2.45) is 11.8 Å². The van der Waals surface area contributed by atoms with E-state index in [1.807, 2.05) is 12.1 Å². The second-order valence-electron chi connectivity index (χ2n) is 12.2. The Kier molecular flexibility index (Phi) is 9.77. The number of hydrogen-bond acceptors (Lipinski definition) is 9. The molecule has 10 nitrogen and oxygen atoms in total. The number of rotatable bonds is 13. The van der Waals surface area contributed by atoms with Crippen LogP contribution in [0.2, 0.25) is 0 Å². The number of amides is 1. The van der Waals surface area contributed by atoms with Crippen molar-refractivity contribution in [3.05, 3.63) is 77.1 Å². The maximum Gasteiger partial charge on any atom is 0.337 e. The molecule has 2 N–H and O–H groups in total. The summed E-state index contributed by atoms with van der Waals surface area (Å²) in [6.45, 7) is 2.81. The molecule has 0 unspecified atom stereocenters. The molecule has 1 amide bonds. The highest BCUT2D eigenvalue weighted by Gasteiger charge is 2.31. The number of Topliss-reactive ketones (excluding diaryl/α,β-unsaturated/α-hetero) is 1. The Balaban J connectivity index is 0.992. The smallest absolute Gasteiger partial charge is 0.337 e. The third kappa shape index (κ3) is 7.82. The van der Waals surface area contributed by atoms with Crippen LogP contribution < -0.4 is 20.3 Å². The minimum absolute atomic E-state index is 0.00805. The number of anilines is 3. The second-order valence-corrected chi connectivity index (χ2v) is 12.2. The van der Waals surface area contributed by atoms with Crippen molar-refractivity contribution in [1.29, 1.82) is 0 Å². The summed E-state index contributed by atoms with van der Waals surface area (Å²) in [5.41, 5.74) is 2.44. The van der Waals surface area contributed by atoms with E-state index in [9.17, 15) is 18.8 Å². The van der Waals surface area contributed by atoms with Crippen LogP contribution in [0.3, 0.4) is 0 Å². The van der Waals surface area contributed by atoms with Gasteiger partial charge in [-0.05, 0) is 68.4 Å². The van der Waals surface area contributed by atoms with Gasteiger partial charge in [0.1, 0.15) is 18.2 Å². The normalized spacial score (nSPS) is 18.0. The van der Waals surface area contributed by atoms with Gasteiger partial charge < -0.3 is 29.7 Å². The fourth-order valence-corrected chi connectivity index (χ4v) is 5.75. The topological polar surface area (TPSA) is 119 Å². The summed E-state index contributed by atoms with van der Waals surface area (Å²) in [4.78, 5) is 44.2. The summed E-state index contributed by atoms with van der Waals surface area (Å²) in [5.74, 6) is 0.436. The summed E-state index contributed by atoms with van der Waals surface area (Å²) in [6.07, 6.45) is 4.87. The van der Waals surface area contributed by atoms with E-state index < -0.39 is 11.8 Å². The van der Waals surface area contributed by atoms with E-state index in [4.69, 9.17) is 14.2 Å². The Labute approximate surface area is 267 Å². The lowest BCUT2D eigenvalue weighted by molar-refractivity contribution is -0.117. The molecule has 1 aromatic heterocycles. The van der Waals surface area contributed by atoms with E-state index in [-0.39, 0.29) is 36.2 Å². The average Bonchev–Trinajstić information content (AvgIpc) is 3.90. The predicted octanol–water partition coefficient (Wildman–Crippen LogP) is 5.63. The van der Waals surface area contributed by atoms with Crippen molar-refractivity contribution in [1.82, 2.24) is 4.98 Å². The molecule has 3 aliphatic rings. The molecule has 0 spiro atoms. The number of pyridine rings is 1. The molecule has 0 radical (unpaired) electrons. The number of ether oxygens (including phenoxy) is 3. The van der Waals surface area contributed by atoms with Crippen LogP contribution in [0.5, 0.6) is 5.88 Å². The first-order valence-corrected chi connectivity index (χ1v) is 15.9. The third-order valence-corrected chi connectivity index (χ3v) is 8.81. The highest BCUT2D eigenvalue weighted by atomic mass is 19.1. The van der Waals surface area contributed by atoms with Crippen molar-refractivity contribution in [3.63, 3.8) is 0 Å². The summed E-state index contributed by atoms with van der Waals surface area (Å²) < 4.78 is 30.8. The summed E-state index contributed by atoms with van der Waals surface area (Å²) in [7, 11) is 1.34. The van der Waals surface area contributed by atoms with E-state index in [1.54, 1.807) is 36.4 Å². The zero-order valence-electron chi connectivity index (χ0n) is 25.9. The average molecular weight is 631 g/mol. The Morgan fingerprint density at radius 1 is 0.978 bits per heavy atom. The fraction of sp³-hybridized carbons (Fsp3) is 0.429. The van der Waals surface area contributed by atoms with Crippen LogP contribution >= 0.6 is 0 Å². The SMILES string of the molecule is COC(=O)c1ccc(NC(=O)CC2CCN(c3cccc(OCc4ccc(C(=O)C5CC5)cc4F)n3)CC2)c(NC[C@@H]2CCO2)c1. The van der Waals surface area contributed by atoms with Crippen molar-refractivity contribution >= 4 is 34.9 Å². The Morgan fingerprint density at radius 2 is 1.76 bits per heavy atom. The molecular formula is C35H39FN4O6. The van der Waals surface area contributed by atoms with E-state index in [0.29, 0.717) is 46.9 Å². The van der Waals surface area contributed by atoms with Crippen molar-refractivity contribution < 1.29 is 33.0 Å². The van der Waals surface area contributed by atoms with Crippen molar-refractivity contribution in [2.45, 2.75) is 51.2 Å². The zero-order chi connectivity index (χ0) is 32.0. The van der Waals surface area contributed by atoms with Crippen LogP contribution in [0, 0.1) is 17.7 Å². The Bertz CT molecular complexity index is 1580. The number of carbonyl (C=O) groups excluding carboxylic acids is 3. The predicted molar refractivity (Wildman–Crippen MR) is 171 cm³/mol. The van der Waals surface area contributed by atoms with Crippen LogP contribution in [0.1, 0.15) is 64.8 Å². The van der Waals surface area contributed by atoms with Gasteiger partial charge >= 0.3 is 5.97 Å². The molecular weight excluding hydrogens is 591 g/mol. The molecule has 0 bridgehead atoms. The van der Waals surface area contributed by atoms with Crippen molar-refractivity contribution in [2.75, 3.05) is 48.9 Å². The molecule has 1 aliphatic carbocycles. The largest absolute Gasteiger partial charge is 0.473 e. The Morgan fingerprint density at radius 3 is 2.46 bits per heavy atom. The molecule has 46 heavy (non-hydrogen) atoms. The molecule has 1 atom stereocenters. The van der Waals surface area contributed by atoms with Gasteiger partial charge in [-0.25, -0.2) is 9.18 Å². The van der Waals surface area contributed by atoms with Gasteiger partial charge in [0.05, 0.1) is 30.2 Å². The number of nitrogens with one attached hydrogen (secondary N) is 2. The van der Waals surface area contributed by atoms with Crippen LogP contribution in [-0.2, 0) is 20.9 Å². The van der Waals surface area contributed by atoms with Gasteiger partial charge in [-0.3, -0.25) is 9.59 Å². The maximum atomic E-state index is 14.7. The molecule has 3 fully saturated rings. The third-order valence-electron chi connectivity index (χ3n) is 8.81. The minimum atomic E-state index is -0.456. The van der Waals surface area contributed by atoms with Gasteiger partial charge in [0.25, 0.3) is 0 Å². The molecule has 2 aliphatic heterocycles. The quantitative estimate of drug-likeness (QED) is 0.183. The first-order valence-electron chi connectivity index (χ1n) is 15.9. The van der Waals surface area contributed by atoms with Crippen LogP contribution in [0.25, 0.3) is 0 Å². The van der Waals surface area contributed by atoms with E-state index in [0.717, 1.165) is 57.6 Å². The standard InChI is InChI=1S/C35H39FN4O6/c1-44-35(43)25-9-10-29(30(19-25)37-20-27-13-16-45-27)38-32(41)17-22-11-14-40(15-12-22)31-3-2-4-33(39-31)46-21-26-8-7-24(18-28(26)36)34(42)23-5-6-23/h2-4,7-10,18-19,22-23,27,37H,5-6,11-17,20-21H2,1H3,(H,38,41)/t27-/m0/s1. The lowest BCUT2D eigenvalue weighted by Crippen LogP contribution is -2.35. The maximum absolute atomic E-state index is 14.7. The number of aromatic nitrogens is 1. The van der Waals surface area contributed by atoms with E-state index >= 15 is 0 Å². The summed E-state index contributed by atoms with van der Waals surface area (Å²) in [6, 6.07) is 15.1. The lowest BCUT2D eigenvalue weighted by Gasteiger charge is -2.32. The number of methoxy groups -OCH3 is 1. The lowest BCUT2D eigenvalue weighted by atomic mass is 9.93. The molecule has 3 aromatic rings. The molecule has 6 rings (SSSR count). The number of halogens is 1. The van der Waals surface area contributed by atoms with Crippen LogP contribution in [-0.4, -0.2) is 62.1 Å². The highest BCUT2D eigenvalue weighted by Crippen LogP contribution is 2.33. The number of nitrogens with zero attached hydrogens (tertiary/aromatic N) is 2. The molecule has 2 saturated heterocycles. The first kappa shape index (κ1) is 31.5. The Hall–Kier alpha value is -4.51. The number of carbonyl (C=O) groups is 3. The van der Waals surface area contributed by atoms with Gasteiger partial charge in [0.15, 0.2) is 5.78 Å². The van der Waals surface area contributed by atoms with E-state index in [1.165, 1.54) is 13.2 Å². The van der Waals surface area contributed by atoms with Gasteiger partial charge in [-0.1, -0.05) is 18.2 Å². The van der Waals surface area contributed by atoms with Gasteiger partial charge in [0, 0.05) is 55.8 Å².